The first-order valence-corrected chi connectivity index (χ1v) is 8.17. The molecule has 0 saturated carbocycles. The van der Waals surface area contributed by atoms with Crippen LogP contribution >= 0.6 is 43.5 Å². The van der Waals surface area contributed by atoms with E-state index in [9.17, 15) is 4.79 Å². The number of hydrogen-bond acceptors (Lipinski definition) is 1. The lowest BCUT2D eigenvalue weighted by molar-refractivity contribution is 0.0991. The number of hydrogen-bond donors (Lipinski definition) is 0. The fourth-order valence-corrected chi connectivity index (χ4v) is 3.60. The van der Waals surface area contributed by atoms with Crippen LogP contribution in [0.15, 0.2) is 33.2 Å². The molecule has 5 heteroatoms. The van der Waals surface area contributed by atoms with Gasteiger partial charge in [-0.15, -0.1) is 11.6 Å². The van der Waals surface area contributed by atoms with Crippen molar-refractivity contribution in [1.82, 2.24) is 4.57 Å². The molecule has 2 rings (SSSR count). The van der Waals surface area contributed by atoms with E-state index in [1.807, 2.05) is 38.1 Å². The Bertz CT molecular complexity index is 677. The van der Waals surface area contributed by atoms with E-state index < -0.39 is 5.38 Å². The highest BCUT2D eigenvalue weighted by atomic mass is 79.9. The molecule has 0 radical (unpaired) electrons. The van der Waals surface area contributed by atoms with Gasteiger partial charge in [0, 0.05) is 25.9 Å². The van der Waals surface area contributed by atoms with Crippen molar-refractivity contribution in [2.75, 3.05) is 0 Å². The number of Topliss-reactive ketones (excluding diaryl/α,β-unsaturated/α-hetero) is 1. The quantitative estimate of drug-likeness (QED) is 0.480. The predicted molar refractivity (Wildman–Crippen MR) is 90.3 cm³/mol. The topological polar surface area (TPSA) is 22.0 Å². The zero-order valence-corrected chi connectivity index (χ0v) is 15.3. The van der Waals surface area contributed by atoms with Gasteiger partial charge in [-0.1, -0.05) is 15.9 Å². The van der Waals surface area contributed by atoms with Crippen LogP contribution in [0.2, 0.25) is 0 Å². The summed E-state index contributed by atoms with van der Waals surface area (Å²) >= 11 is 12.9. The van der Waals surface area contributed by atoms with Gasteiger partial charge in [0.2, 0.25) is 0 Å². The fraction of sp³-hybridized carbons (Fsp3) is 0.267. The molecule has 2 nitrogen and oxygen atoms in total. The maximum absolute atomic E-state index is 12.1. The Morgan fingerprint density at radius 1 is 1.25 bits per heavy atom. The zero-order valence-electron chi connectivity index (χ0n) is 11.4. The molecule has 1 aromatic heterocycles. The second-order valence-corrected chi connectivity index (χ2v) is 7.12. The van der Waals surface area contributed by atoms with Gasteiger partial charge in [-0.05, 0) is 61.0 Å². The van der Waals surface area contributed by atoms with E-state index in [2.05, 4.69) is 36.4 Å². The van der Waals surface area contributed by atoms with Crippen LogP contribution in [0.1, 0.15) is 28.7 Å². The van der Waals surface area contributed by atoms with Gasteiger partial charge in [-0.3, -0.25) is 4.79 Å². The Morgan fingerprint density at radius 2 is 1.90 bits per heavy atom. The highest BCUT2D eigenvalue weighted by Crippen LogP contribution is 2.29. The van der Waals surface area contributed by atoms with E-state index in [4.69, 9.17) is 11.6 Å². The van der Waals surface area contributed by atoms with Crippen molar-refractivity contribution < 1.29 is 4.79 Å². The van der Waals surface area contributed by atoms with Crippen molar-refractivity contribution in [2.24, 2.45) is 0 Å². The summed E-state index contributed by atoms with van der Waals surface area (Å²) in [5.41, 5.74) is 3.60. The monoisotopic (exact) mass is 417 g/mol. The van der Waals surface area contributed by atoms with Crippen LogP contribution in [0.25, 0.3) is 5.69 Å². The molecule has 1 unspecified atom stereocenters. The number of alkyl halides is 1. The van der Waals surface area contributed by atoms with Crippen molar-refractivity contribution >= 4 is 49.2 Å². The van der Waals surface area contributed by atoms with E-state index in [0.717, 1.165) is 26.0 Å². The van der Waals surface area contributed by atoms with Gasteiger partial charge in [0.25, 0.3) is 0 Å². The number of benzene rings is 1. The number of halogens is 3. The van der Waals surface area contributed by atoms with Crippen LogP contribution in [-0.2, 0) is 0 Å². The summed E-state index contributed by atoms with van der Waals surface area (Å²) in [7, 11) is 0. The zero-order chi connectivity index (χ0) is 15.0. The molecule has 1 atom stereocenters. The van der Waals surface area contributed by atoms with E-state index in [0.29, 0.717) is 5.56 Å². The third-order valence-corrected chi connectivity index (χ3v) is 4.54. The Kier molecular flexibility index (Phi) is 4.77. The third kappa shape index (κ3) is 2.87. The first kappa shape index (κ1) is 15.8. The van der Waals surface area contributed by atoms with Crippen molar-refractivity contribution in [3.8, 4) is 5.69 Å². The van der Waals surface area contributed by atoms with Gasteiger partial charge in [0.05, 0.1) is 11.1 Å². The number of ketones is 1. The summed E-state index contributed by atoms with van der Waals surface area (Å²) in [5.74, 6) is -0.0424. The normalized spacial score (nSPS) is 12.5. The van der Waals surface area contributed by atoms with Gasteiger partial charge in [-0.2, -0.15) is 0 Å². The van der Waals surface area contributed by atoms with Crippen LogP contribution in [0, 0.1) is 13.8 Å². The molecule has 0 aliphatic carbocycles. The smallest absolute Gasteiger partial charge is 0.182 e. The van der Waals surface area contributed by atoms with Gasteiger partial charge >= 0.3 is 0 Å². The van der Waals surface area contributed by atoms with Crippen molar-refractivity contribution in [1.29, 1.82) is 0 Å². The molecule has 0 aliphatic rings. The molecule has 0 amide bonds. The molecule has 2 aromatic rings. The van der Waals surface area contributed by atoms with Crippen LogP contribution in [0.3, 0.4) is 0 Å². The summed E-state index contributed by atoms with van der Waals surface area (Å²) in [6.45, 7) is 5.62. The number of nitrogens with zero attached hydrogens (tertiary/aromatic N) is 1. The molecule has 1 heterocycles. The SMILES string of the molecule is Cc1cc(C(=O)C(C)Cl)c(C)n1-c1ccc(Br)cc1Br. The summed E-state index contributed by atoms with van der Waals surface area (Å²) in [6, 6.07) is 7.86. The van der Waals surface area contributed by atoms with Crippen molar-refractivity contribution in [3.63, 3.8) is 0 Å². The average Bonchev–Trinajstić information content (AvgIpc) is 2.65. The minimum Gasteiger partial charge on any atom is -0.317 e. The molecule has 20 heavy (non-hydrogen) atoms. The maximum Gasteiger partial charge on any atom is 0.182 e. The van der Waals surface area contributed by atoms with Gasteiger partial charge in [-0.25, -0.2) is 0 Å². The standard InChI is InChI=1S/C15H14Br2ClNO/c1-8-6-12(15(20)9(2)18)10(3)19(8)14-5-4-11(16)7-13(14)17/h4-7,9H,1-3H3. The molecular formula is C15H14Br2ClNO. The second-order valence-electron chi connectivity index (χ2n) is 4.70. The second kappa shape index (κ2) is 6.04. The molecule has 106 valence electrons. The Balaban J connectivity index is 2.61. The summed E-state index contributed by atoms with van der Waals surface area (Å²) in [4.78, 5) is 12.1. The number of carbonyl (C=O) groups is 1. The Hall–Kier alpha value is -0.580. The van der Waals surface area contributed by atoms with Crippen molar-refractivity contribution in [3.05, 3.63) is 50.2 Å². The highest BCUT2D eigenvalue weighted by Gasteiger charge is 2.20. The average molecular weight is 420 g/mol. The number of rotatable bonds is 3. The minimum absolute atomic E-state index is 0.0424. The molecule has 0 N–H and O–H groups in total. The summed E-state index contributed by atoms with van der Waals surface area (Å²) < 4.78 is 4.02. The fourth-order valence-electron chi connectivity index (χ4n) is 2.26. The van der Waals surface area contributed by atoms with Crippen molar-refractivity contribution in [2.45, 2.75) is 26.1 Å². The highest BCUT2D eigenvalue weighted by molar-refractivity contribution is 9.11. The number of aryl methyl sites for hydroxylation is 1. The first-order chi connectivity index (χ1) is 9.32. The summed E-state index contributed by atoms with van der Waals surface area (Å²) in [5, 5.41) is -0.516. The van der Waals surface area contributed by atoms with Crippen LogP contribution in [0.4, 0.5) is 0 Å². The maximum atomic E-state index is 12.1. The molecular weight excluding hydrogens is 405 g/mol. The lowest BCUT2D eigenvalue weighted by Gasteiger charge is -2.12. The van der Waals surface area contributed by atoms with Crippen LogP contribution < -0.4 is 0 Å². The molecule has 1 aromatic carbocycles. The van der Waals surface area contributed by atoms with E-state index >= 15 is 0 Å². The predicted octanol–water partition coefficient (Wildman–Crippen LogP) is 5.43. The number of carbonyl (C=O) groups excluding carboxylic acids is 1. The van der Waals surface area contributed by atoms with E-state index in [1.165, 1.54) is 0 Å². The lowest BCUT2D eigenvalue weighted by atomic mass is 10.1. The molecule has 0 aliphatic heterocycles. The summed E-state index contributed by atoms with van der Waals surface area (Å²) in [6.07, 6.45) is 0. The minimum atomic E-state index is -0.516. The van der Waals surface area contributed by atoms with Crippen LogP contribution in [0.5, 0.6) is 0 Å². The largest absolute Gasteiger partial charge is 0.317 e. The lowest BCUT2D eigenvalue weighted by Crippen LogP contribution is -2.11. The van der Waals surface area contributed by atoms with E-state index in [-0.39, 0.29) is 5.78 Å². The Labute approximate surface area is 140 Å². The van der Waals surface area contributed by atoms with Gasteiger partial charge < -0.3 is 4.57 Å². The molecule has 0 bridgehead atoms. The van der Waals surface area contributed by atoms with Crippen LogP contribution in [-0.4, -0.2) is 15.7 Å². The van der Waals surface area contributed by atoms with Gasteiger partial charge in [0.1, 0.15) is 0 Å². The number of aromatic nitrogens is 1. The van der Waals surface area contributed by atoms with E-state index in [1.54, 1.807) is 6.92 Å². The van der Waals surface area contributed by atoms with Gasteiger partial charge in [0.15, 0.2) is 5.78 Å². The molecule has 0 fully saturated rings. The Morgan fingerprint density at radius 3 is 2.45 bits per heavy atom. The molecule has 0 saturated heterocycles. The molecule has 0 spiro atoms. The first-order valence-electron chi connectivity index (χ1n) is 6.15. The third-order valence-electron chi connectivity index (χ3n) is 3.21.